The third-order valence-electron chi connectivity index (χ3n) is 5.88. The highest BCUT2D eigenvalue weighted by atomic mass is 16.5. The highest BCUT2D eigenvalue weighted by Gasteiger charge is 2.20. The van der Waals surface area contributed by atoms with E-state index < -0.39 is 0 Å². The van der Waals surface area contributed by atoms with Gasteiger partial charge in [0.1, 0.15) is 5.75 Å². The Kier molecular flexibility index (Phi) is 5.71. The van der Waals surface area contributed by atoms with Gasteiger partial charge in [-0.1, -0.05) is 38.3 Å². The summed E-state index contributed by atoms with van der Waals surface area (Å²) >= 11 is 0. The van der Waals surface area contributed by atoms with Crippen molar-refractivity contribution in [2.75, 3.05) is 7.11 Å². The van der Waals surface area contributed by atoms with E-state index in [9.17, 15) is 9.59 Å². The van der Waals surface area contributed by atoms with Crippen molar-refractivity contribution in [2.45, 2.75) is 52.6 Å². The molecule has 0 unspecified atom stereocenters. The lowest BCUT2D eigenvalue weighted by molar-refractivity contribution is 0.414. The molecule has 0 aliphatic rings. The fourth-order valence-corrected chi connectivity index (χ4v) is 4.06. The Morgan fingerprint density at radius 3 is 2.45 bits per heavy atom. The van der Waals surface area contributed by atoms with Gasteiger partial charge in [0, 0.05) is 25.5 Å². The zero-order valence-electron chi connectivity index (χ0n) is 18.6. The first kappa shape index (κ1) is 21.0. The molecule has 0 spiro atoms. The van der Waals surface area contributed by atoms with E-state index in [0.717, 1.165) is 42.7 Å². The molecule has 31 heavy (non-hydrogen) atoms. The molecule has 164 valence electrons. The molecule has 0 radical (unpaired) electrons. The minimum absolute atomic E-state index is 0.274. The number of nitrogens with zero attached hydrogens (tertiary/aromatic N) is 5. The summed E-state index contributed by atoms with van der Waals surface area (Å²) < 4.78 is 11.9. The van der Waals surface area contributed by atoms with Gasteiger partial charge >= 0.3 is 5.69 Å². The number of hydrogen-bond donors (Lipinski definition) is 0. The first-order valence-corrected chi connectivity index (χ1v) is 10.8. The van der Waals surface area contributed by atoms with Crippen LogP contribution in [-0.4, -0.2) is 30.2 Å². The maximum atomic E-state index is 13.3. The van der Waals surface area contributed by atoms with Crippen molar-refractivity contribution < 1.29 is 4.74 Å². The van der Waals surface area contributed by atoms with Crippen LogP contribution in [0.1, 0.15) is 43.9 Å². The molecule has 0 saturated carbocycles. The molecule has 0 fully saturated rings. The molecule has 3 heterocycles. The van der Waals surface area contributed by atoms with Crippen molar-refractivity contribution in [2.24, 2.45) is 7.05 Å². The van der Waals surface area contributed by atoms with Gasteiger partial charge in [-0.25, -0.2) is 4.79 Å². The molecule has 0 bridgehead atoms. The van der Waals surface area contributed by atoms with E-state index in [4.69, 9.17) is 4.74 Å². The molecule has 4 aromatic rings. The molecule has 4 rings (SSSR count). The maximum absolute atomic E-state index is 13.3. The van der Waals surface area contributed by atoms with Crippen LogP contribution in [0.3, 0.4) is 0 Å². The summed E-state index contributed by atoms with van der Waals surface area (Å²) in [5.74, 6) is 1.46. The number of rotatable bonds is 8. The van der Waals surface area contributed by atoms with Crippen LogP contribution in [0, 0.1) is 6.92 Å². The van der Waals surface area contributed by atoms with E-state index in [1.807, 2.05) is 41.8 Å². The molecule has 0 aliphatic heterocycles. The van der Waals surface area contributed by atoms with Crippen LogP contribution in [0.15, 0.2) is 40.1 Å². The second-order valence-electron chi connectivity index (χ2n) is 8.02. The number of imidazole rings is 2. The second-order valence-corrected chi connectivity index (χ2v) is 8.02. The lowest BCUT2D eigenvalue weighted by Crippen LogP contribution is -2.39. The van der Waals surface area contributed by atoms with E-state index >= 15 is 0 Å². The van der Waals surface area contributed by atoms with Gasteiger partial charge in [0.2, 0.25) is 5.78 Å². The lowest BCUT2D eigenvalue weighted by atomic mass is 10.2. The zero-order chi connectivity index (χ0) is 22.1. The lowest BCUT2D eigenvalue weighted by Gasteiger charge is -2.08. The van der Waals surface area contributed by atoms with Gasteiger partial charge in [-0.05, 0) is 31.0 Å². The number of aromatic nitrogens is 5. The van der Waals surface area contributed by atoms with Gasteiger partial charge in [0.15, 0.2) is 11.2 Å². The predicted molar refractivity (Wildman–Crippen MR) is 121 cm³/mol. The van der Waals surface area contributed by atoms with Crippen molar-refractivity contribution in [3.05, 3.63) is 62.6 Å². The molecule has 8 nitrogen and oxygen atoms in total. The third kappa shape index (κ3) is 3.66. The predicted octanol–water partition coefficient (Wildman–Crippen LogP) is 3.10. The van der Waals surface area contributed by atoms with E-state index in [2.05, 4.69) is 16.5 Å². The smallest absolute Gasteiger partial charge is 0.332 e. The normalized spacial score (nSPS) is 11.6. The Labute approximate surface area is 180 Å². The van der Waals surface area contributed by atoms with Crippen LogP contribution >= 0.6 is 0 Å². The molecule has 0 aliphatic carbocycles. The van der Waals surface area contributed by atoms with Crippen LogP contribution in [0.25, 0.3) is 16.9 Å². The Bertz CT molecular complexity index is 1340. The maximum Gasteiger partial charge on any atom is 0.332 e. The Balaban J connectivity index is 1.81. The monoisotopic (exact) mass is 423 g/mol. The SMILES string of the molecule is CCCCCCn1c(=O)c2c(nc3n(Cc4ccc(OC)cc4)c(C)cn23)n(C)c1=O. The van der Waals surface area contributed by atoms with Gasteiger partial charge < -0.3 is 9.30 Å². The highest BCUT2D eigenvalue weighted by molar-refractivity contribution is 5.75. The standard InChI is InChI=1S/C23H29N5O3/c1-5-6-7-8-13-26-21(29)19-20(25(3)23(26)30)24-22-27(16(2)14-28(19)22)15-17-9-11-18(31-4)12-10-17/h9-12,14H,5-8,13,15H2,1-4H3. The highest BCUT2D eigenvalue weighted by Crippen LogP contribution is 2.19. The summed E-state index contributed by atoms with van der Waals surface area (Å²) in [6, 6.07) is 7.87. The molecule has 0 saturated heterocycles. The van der Waals surface area contributed by atoms with E-state index in [1.165, 1.54) is 9.13 Å². The quantitative estimate of drug-likeness (QED) is 0.408. The topological polar surface area (TPSA) is 75.5 Å². The molecule has 3 aromatic heterocycles. The first-order valence-electron chi connectivity index (χ1n) is 10.8. The largest absolute Gasteiger partial charge is 0.497 e. The third-order valence-corrected chi connectivity index (χ3v) is 5.88. The summed E-state index contributed by atoms with van der Waals surface area (Å²) in [4.78, 5) is 30.8. The molecule has 0 atom stereocenters. The van der Waals surface area contributed by atoms with Gasteiger partial charge in [-0.15, -0.1) is 0 Å². The fraction of sp³-hybridized carbons (Fsp3) is 0.435. The summed E-state index contributed by atoms with van der Waals surface area (Å²) in [6.07, 6.45) is 5.94. The van der Waals surface area contributed by atoms with Crippen LogP contribution in [-0.2, 0) is 20.1 Å². The molecule has 0 amide bonds. The summed E-state index contributed by atoms with van der Waals surface area (Å²) in [6.45, 7) is 5.17. The minimum atomic E-state index is -0.312. The van der Waals surface area contributed by atoms with Crippen LogP contribution in [0.2, 0.25) is 0 Å². The number of ether oxygens (including phenoxy) is 1. The molecular formula is C23H29N5O3. The molecular weight excluding hydrogens is 394 g/mol. The average Bonchev–Trinajstić information content (AvgIpc) is 3.28. The first-order chi connectivity index (χ1) is 15.0. The minimum Gasteiger partial charge on any atom is -0.497 e. The van der Waals surface area contributed by atoms with Gasteiger partial charge in [-0.3, -0.25) is 18.3 Å². The zero-order valence-corrected chi connectivity index (χ0v) is 18.6. The Morgan fingerprint density at radius 1 is 1.03 bits per heavy atom. The number of unbranched alkanes of at least 4 members (excludes halogenated alkanes) is 3. The van der Waals surface area contributed by atoms with Gasteiger partial charge in [-0.2, -0.15) is 4.98 Å². The molecule has 0 N–H and O–H groups in total. The summed E-state index contributed by atoms with van der Waals surface area (Å²) in [7, 11) is 3.32. The van der Waals surface area contributed by atoms with E-state index in [0.29, 0.717) is 30.0 Å². The van der Waals surface area contributed by atoms with Crippen molar-refractivity contribution in [1.29, 1.82) is 0 Å². The number of methoxy groups -OCH3 is 1. The molecule has 8 heteroatoms. The van der Waals surface area contributed by atoms with Crippen molar-refractivity contribution in [3.8, 4) is 5.75 Å². The van der Waals surface area contributed by atoms with Crippen molar-refractivity contribution >= 4 is 16.9 Å². The number of aryl methyl sites for hydroxylation is 2. The Hall–Kier alpha value is -3.29. The summed E-state index contributed by atoms with van der Waals surface area (Å²) in [5, 5.41) is 0. The molecule has 1 aromatic carbocycles. The summed E-state index contributed by atoms with van der Waals surface area (Å²) in [5.41, 5.74) is 2.36. The van der Waals surface area contributed by atoms with Crippen molar-refractivity contribution in [3.63, 3.8) is 0 Å². The van der Waals surface area contributed by atoms with E-state index in [1.54, 1.807) is 14.2 Å². The average molecular weight is 424 g/mol. The van der Waals surface area contributed by atoms with Crippen molar-refractivity contribution in [1.82, 2.24) is 23.1 Å². The van der Waals surface area contributed by atoms with E-state index in [-0.39, 0.29) is 11.2 Å². The van der Waals surface area contributed by atoms with Crippen LogP contribution < -0.4 is 16.0 Å². The van der Waals surface area contributed by atoms with Crippen LogP contribution in [0.4, 0.5) is 0 Å². The number of hydrogen-bond acceptors (Lipinski definition) is 4. The Morgan fingerprint density at radius 2 is 1.77 bits per heavy atom. The number of benzene rings is 1. The second kappa shape index (κ2) is 8.45. The number of fused-ring (bicyclic) bond motifs is 3. The fourth-order valence-electron chi connectivity index (χ4n) is 4.06. The van der Waals surface area contributed by atoms with Gasteiger partial charge in [0.05, 0.1) is 13.7 Å². The van der Waals surface area contributed by atoms with Gasteiger partial charge in [0.25, 0.3) is 5.56 Å². The van der Waals surface area contributed by atoms with Crippen LogP contribution in [0.5, 0.6) is 5.75 Å².